The zero-order valence-electron chi connectivity index (χ0n) is 6.90. The number of fused-ring (bicyclic) bond motifs is 3. The van der Waals surface area contributed by atoms with Crippen LogP contribution in [0.4, 0.5) is 0 Å². The quantitative estimate of drug-likeness (QED) is 0.523. The Hall–Kier alpha value is -1.41. The lowest BCUT2D eigenvalue weighted by Crippen LogP contribution is -1.70. The lowest BCUT2D eigenvalue weighted by Gasteiger charge is -1.93. The van der Waals surface area contributed by atoms with E-state index in [0.29, 0.717) is 0 Å². The Labute approximate surface area is 80.0 Å². The lowest BCUT2D eigenvalue weighted by atomic mass is 10.1. The predicted molar refractivity (Wildman–Crippen MR) is 56.2 cm³/mol. The van der Waals surface area contributed by atoms with Crippen LogP contribution in [-0.4, -0.2) is 4.98 Å². The van der Waals surface area contributed by atoms with E-state index in [1.165, 1.54) is 10.9 Å². The van der Waals surface area contributed by atoms with Gasteiger partial charge in [-0.15, -0.1) is 0 Å². The summed E-state index contributed by atoms with van der Waals surface area (Å²) in [5.41, 5.74) is 3.46. The van der Waals surface area contributed by atoms with Crippen molar-refractivity contribution in [3.63, 3.8) is 0 Å². The molecule has 0 saturated carbocycles. The summed E-state index contributed by atoms with van der Waals surface area (Å²) < 4.78 is 0. The molecule has 2 aliphatic heterocycles. The van der Waals surface area contributed by atoms with Crippen molar-refractivity contribution in [1.82, 2.24) is 4.98 Å². The number of para-hydroxylation sites is 1. The molecule has 1 aromatic rings. The summed E-state index contributed by atoms with van der Waals surface area (Å²) in [6, 6.07) is 10.4. The monoisotopic (exact) mass is 185 g/mol. The van der Waals surface area contributed by atoms with Crippen molar-refractivity contribution in [2.45, 2.75) is 0 Å². The van der Waals surface area contributed by atoms with Gasteiger partial charge in [0, 0.05) is 16.3 Å². The third-order valence-electron chi connectivity index (χ3n) is 2.20. The zero-order valence-corrected chi connectivity index (χ0v) is 7.71. The molecule has 0 aromatic heterocycles. The molecule has 1 nitrogen and oxygen atoms in total. The van der Waals surface area contributed by atoms with Gasteiger partial charge in [-0.25, -0.2) is 4.98 Å². The molecule has 13 heavy (non-hydrogen) atoms. The van der Waals surface area contributed by atoms with Gasteiger partial charge < -0.3 is 0 Å². The smallest absolute Gasteiger partial charge is 0.0815 e. The fraction of sp³-hybridized carbons (Fsp3) is 0. The van der Waals surface area contributed by atoms with Crippen molar-refractivity contribution in [1.29, 1.82) is 0 Å². The second-order valence-electron chi connectivity index (χ2n) is 2.98. The first-order valence-corrected chi connectivity index (χ1v) is 5.10. The van der Waals surface area contributed by atoms with Gasteiger partial charge in [-0.2, -0.15) is 11.3 Å². The Morgan fingerprint density at radius 1 is 1.08 bits per heavy atom. The Balaban J connectivity index is 2.56. The van der Waals surface area contributed by atoms with Crippen LogP contribution in [0.25, 0.3) is 22.2 Å². The fourth-order valence-corrected chi connectivity index (χ4v) is 2.20. The number of rotatable bonds is 0. The van der Waals surface area contributed by atoms with E-state index in [4.69, 9.17) is 0 Å². The van der Waals surface area contributed by atoms with Crippen LogP contribution in [0.5, 0.6) is 0 Å². The van der Waals surface area contributed by atoms with Gasteiger partial charge in [-0.05, 0) is 17.5 Å². The van der Waals surface area contributed by atoms with Crippen molar-refractivity contribution in [3.05, 3.63) is 41.1 Å². The normalized spacial score (nSPS) is 11.1. The van der Waals surface area contributed by atoms with E-state index in [2.05, 4.69) is 40.0 Å². The van der Waals surface area contributed by atoms with Crippen molar-refractivity contribution in [3.8, 4) is 11.3 Å². The molecule has 0 saturated heterocycles. The van der Waals surface area contributed by atoms with Gasteiger partial charge in [0.2, 0.25) is 0 Å². The van der Waals surface area contributed by atoms with E-state index in [9.17, 15) is 0 Å². The standard InChI is InChI=1S/C11H7NS/c1-2-4-10-8(3-1)9-5-6-13-7-11(9)12-10/h1-7H. The Kier molecular flexibility index (Phi) is 1.37. The van der Waals surface area contributed by atoms with Crippen LogP contribution < -0.4 is 0 Å². The van der Waals surface area contributed by atoms with Gasteiger partial charge in [0.25, 0.3) is 0 Å². The summed E-state index contributed by atoms with van der Waals surface area (Å²) in [5, 5.41) is 5.44. The molecule has 0 fully saturated rings. The molecule has 0 N–H and O–H groups in total. The van der Waals surface area contributed by atoms with Crippen LogP contribution in [0.2, 0.25) is 0 Å². The van der Waals surface area contributed by atoms with Crippen LogP contribution in [0, 0.1) is 0 Å². The molecule has 0 atom stereocenters. The highest BCUT2D eigenvalue weighted by molar-refractivity contribution is 7.07. The van der Waals surface area contributed by atoms with Crippen molar-refractivity contribution in [2.75, 3.05) is 0 Å². The molecule has 0 radical (unpaired) electrons. The Morgan fingerprint density at radius 2 is 2.00 bits per heavy atom. The average Bonchev–Trinajstić information content (AvgIpc) is 2.56. The van der Waals surface area contributed by atoms with Gasteiger partial charge in [0.05, 0.1) is 11.2 Å². The first-order valence-electron chi connectivity index (χ1n) is 4.16. The Bertz CT molecular complexity index is 527. The SMILES string of the molecule is c1ccc2c3ccscc-3nc2c1. The van der Waals surface area contributed by atoms with Crippen molar-refractivity contribution in [2.24, 2.45) is 0 Å². The number of hydrogen-bond acceptors (Lipinski definition) is 2. The highest BCUT2D eigenvalue weighted by Crippen LogP contribution is 2.31. The molecular formula is C11H7NS. The second-order valence-corrected chi connectivity index (χ2v) is 3.76. The molecule has 62 valence electrons. The first kappa shape index (κ1) is 7.04. The molecule has 2 aliphatic rings. The summed E-state index contributed by atoms with van der Waals surface area (Å²) in [4.78, 5) is 4.53. The fourth-order valence-electron chi connectivity index (χ4n) is 1.60. The molecular weight excluding hydrogens is 178 g/mol. The summed E-state index contributed by atoms with van der Waals surface area (Å²) in [5.74, 6) is 0. The van der Waals surface area contributed by atoms with Crippen LogP contribution in [0.15, 0.2) is 41.1 Å². The molecule has 0 spiro atoms. The van der Waals surface area contributed by atoms with Crippen LogP contribution >= 0.6 is 11.3 Å². The van der Waals surface area contributed by atoms with E-state index < -0.39 is 0 Å². The predicted octanol–water partition coefficient (Wildman–Crippen LogP) is 3.40. The highest BCUT2D eigenvalue weighted by Gasteiger charge is 2.08. The molecule has 1 aromatic carbocycles. The van der Waals surface area contributed by atoms with Gasteiger partial charge in [-0.1, -0.05) is 18.2 Å². The van der Waals surface area contributed by atoms with Gasteiger partial charge >= 0.3 is 0 Å². The van der Waals surface area contributed by atoms with E-state index >= 15 is 0 Å². The molecule has 0 bridgehead atoms. The van der Waals surface area contributed by atoms with Crippen LogP contribution in [0.3, 0.4) is 0 Å². The number of nitrogens with zero attached hydrogens (tertiary/aromatic N) is 1. The summed E-state index contributed by atoms with van der Waals surface area (Å²) in [6.07, 6.45) is 0. The largest absolute Gasteiger partial charge is 0.247 e. The molecule has 0 unspecified atom stereocenters. The highest BCUT2D eigenvalue weighted by atomic mass is 32.1. The third-order valence-corrected chi connectivity index (χ3v) is 2.86. The molecule has 0 aliphatic carbocycles. The van der Waals surface area contributed by atoms with Gasteiger partial charge in [0.1, 0.15) is 0 Å². The Morgan fingerprint density at radius 3 is 3.00 bits per heavy atom. The minimum absolute atomic E-state index is 1.09. The molecule has 2 heterocycles. The van der Waals surface area contributed by atoms with E-state index in [0.717, 1.165) is 11.2 Å². The zero-order chi connectivity index (χ0) is 8.67. The maximum Gasteiger partial charge on any atom is 0.0815 e. The van der Waals surface area contributed by atoms with E-state index in [1.807, 2.05) is 6.07 Å². The van der Waals surface area contributed by atoms with E-state index in [-0.39, 0.29) is 0 Å². The van der Waals surface area contributed by atoms with Crippen LogP contribution in [0.1, 0.15) is 0 Å². The minimum Gasteiger partial charge on any atom is -0.247 e. The number of aromatic nitrogens is 1. The maximum absolute atomic E-state index is 4.53. The maximum atomic E-state index is 4.53. The molecule has 3 rings (SSSR count). The lowest BCUT2D eigenvalue weighted by molar-refractivity contribution is 1.48. The third kappa shape index (κ3) is 0.956. The van der Waals surface area contributed by atoms with E-state index in [1.54, 1.807) is 11.3 Å². The van der Waals surface area contributed by atoms with Crippen molar-refractivity contribution < 1.29 is 0 Å². The minimum atomic E-state index is 1.09. The average molecular weight is 185 g/mol. The van der Waals surface area contributed by atoms with Gasteiger partial charge in [0.15, 0.2) is 0 Å². The summed E-state index contributed by atoms with van der Waals surface area (Å²) >= 11 is 1.68. The summed E-state index contributed by atoms with van der Waals surface area (Å²) in [6.45, 7) is 0. The van der Waals surface area contributed by atoms with Gasteiger partial charge in [-0.3, -0.25) is 0 Å². The molecule has 0 amide bonds. The molecule has 2 heteroatoms. The first-order chi connectivity index (χ1) is 6.45. The second kappa shape index (κ2) is 2.54. The number of hydrogen-bond donors (Lipinski definition) is 0. The topological polar surface area (TPSA) is 12.9 Å². The van der Waals surface area contributed by atoms with Crippen molar-refractivity contribution >= 4 is 22.2 Å². The number of benzene rings is 1. The summed E-state index contributed by atoms with van der Waals surface area (Å²) in [7, 11) is 0. The van der Waals surface area contributed by atoms with Crippen LogP contribution in [-0.2, 0) is 0 Å².